The molecule has 276 valence electrons. The molecule has 21 heteroatoms. The Morgan fingerprint density at radius 3 is 1.24 bits per heavy atom. The van der Waals surface area contributed by atoms with Crippen molar-refractivity contribution in [3.05, 3.63) is 128 Å². The number of hydrogen-bond acceptors (Lipinski definition) is 16. The fraction of sp³-hybridized carbons (Fsp3) is 0.0588. The standard InChI is InChI=1S/2C17H13N3O6S.Ca/c2*1-10-7-12(9-13(8-10)20(22)23)18-19-17-14(21)6-5-11-3-2-4-15(16(11)17)27(24,25)26;/h2*2-9,21H,1H3,(H,24,25,26);/q;;+2/p-2. The summed E-state index contributed by atoms with van der Waals surface area (Å²) in [6.45, 7) is 3.28. The predicted octanol–water partition coefficient (Wildman–Crippen LogP) is 7.78. The minimum atomic E-state index is -4.83. The average molecular weight is 813 g/mol. The average Bonchev–Trinajstić information content (AvgIpc) is 3.09. The summed E-state index contributed by atoms with van der Waals surface area (Å²) in [6.07, 6.45) is 0. The monoisotopic (exact) mass is 812 g/mol. The molecule has 6 rings (SSSR count). The summed E-state index contributed by atoms with van der Waals surface area (Å²) in [5.41, 5.74) is 0.619. The van der Waals surface area contributed by atoms with Crippen LogP contribution in [0.4, 0.5) is 34.1 Å². The van der Waals surface area contributed by atoms with Crippen molar-refractivity contribution in [2.45, 2.75) is 23.6 Å². The van der Waals surface area contributed by atoms with Gasteiger partial charge < -0.3 is 19.3 Å². The Bertz CT molecular complexity index is 2610. The molecule has 6 aromatic rings. The molecule has 0 radical (unpaired) electrons. The number of fused-ring (bicyclic) bond motifs is 2. The van der Waals surface area contributed by atoms with E-state index in [9.17, 15) is 56.4 Å². The van der Waals surface area contributed by atoms with Crippen molar-refractivity contribution < 1.29 is 46.0 Å². The number of phenolic OH excluding ortho intramolecular Hbond substituents is 2. The maximum absolute atomic E-state index is 11.6. The van der Waals surface area contributed by atoms with Gasteiger partial charge in [0, 0.05) is 35.0 Å². The van der Waals surface area contributed by atoms with Gasteiger partial charge in [-0.2, -0.15) is 10.2 Å². The number of benzene rings is 6. The molecule has 0 bridgehead atoms. The van der Waals surface area contributed by atoms with Crippen LogP contribution in [0.3, 0.4) is 0 Å². The van der Waals surface area contributed by atoms with E-state index in [2.05, 4.69) is 20.5 Å². The number of phenols is 2. The van der Waals surface area contributed by atoms with E-state index in [1.54, 1.807) is 26.0 Å². The van der Waals surface area contributed by atoms with Gasteiger partial charge in [-0.3, -0.25) is 20.2 Å². The van der Waals surface area contributed by atoms with Crippen LogP contribution in [0.15, 0.2) is 127 Å². The van der Waals surface area contributed by atoms with Crippen LogP contribution in [0.5, 0.6) is 11.5 Å². The van der Waals surface area contributed by atoms with E-state index in [1.807, 2.05) is 0 Å². The van der Waals surface area contributed by atoms with Crippen LogP contribution in [0.2, 0.25) is 0 Å². The number of rotatable bonds is 8. The second kappa shape index (κ2) is 16.9. The van der Waals surface area contributed by atoms with Gasteiger partial charge in [-0.05, 0) is 72.1 Å². The third-order valence-corrected chi connectivity index (χ3v) is 9.26. The molecule has 0 spiro atoms. The van der Waals surface area contributed by atoms with Crippen LogP contribution in [0.25, 0.3) is 21.5 Å². The van der Waals surface area contributed by atoms with Gasteiger partial charge >= 0.3 is 37.7 Å². The molecule has 2 N–H and O–H groups in total. The molecule has 6 aromatic carbocycles. The first kappa shape index (κ1) is 42.3. The Kier molecular flexibility index (Phi) is 13.0. The van der Waals surface area contributed by atoms with Crippen molar-refractivity contribution in [1.29, 1.82) is 0 Å². The van der Waals surface area contributed by atoms with E-state index in [4.69, 9.17) is 0 Å². The SMILES string of the molecule is Cc1cc(N=Nc2c(O)ccc3cccc(S(=O)(=O)[O-])c23)cc([N+](=O)[O-])c1.Cc1cc(N=Nc2c(O)ccc3cccc(S(=O)(=O)[O-])c23)cc([N+](=O)[O-])c1.[Ca+2]. The predicted molar refractivity (Wildman–Crippen MR) is 197 cm³/mol. The zero-order chi connectivity index (χ0) is 39.5. The van der Waals surface area contributed by atoms with Gasteiger partial charge in [-0.25, -0.2) is 16.8 Å². The van der Waals surface area contributed by atoms with Gasteiger partial charge in [0.2, 0.25) is 0 Å². The topological polar surface area (TPSA) is 291 Å². The van der Waals surface area contributed by atoms with E-state index < -0.39 is 39.9 Å². The number of non-ortho nitro benzene ring substituents is 2. The zero-order valence-corrected chi connectivity index (χ0v) is 32.3. The van der Waals surface area contributed by atoms with Gasteiger partial charge in [0.1, 0.15) is 43.1 Å². The van der Waals surface area contributed by atoms with Crippen molar-refractivity contribution >= 4 is 114 Å². The largest absolute Gasteiger partial charge is 2.00 e. The Labute approximate surface area is 341 Å². The van der Waals surface area contributed by atoms with Gasteiger partial charge in [0.05, 0.1) is 31.0 Å². The van der Waals surface area contributed by atoms with E-state index >= 15 is 0 Å². The fourth-order valence-corrected chi connectivity index (χ4v) is 6.70. The molecule has 0 amide bonds. The van der Waals surface area contributed by atoms with Gasteiger partial charge in [0.15, 0.2) is 0 Å². The van der Waals surface area contributed by atoms with Crippen molar-refractivity contribution in [3.63, 3.8) is 0 Å². The number of azo groups is 2. The van der Waals surface area contributed by atoms with Gasteiger partial charge in [0.25, 0.3) is 11.4 Å². The third kappa shape index (κ3) is 9.99. The normalized spacial score (nSPS) is 11.7. The summed E-state index contributed by atoms with van der Waals surface area (Å²) in [7, 11) is -9.66. The van der Waals surface area contributed by atoms with Gasteiger partial charge in [-0.15, -0.1) is 10.2 Å². The molecule has 0 saturated carbocycles. The Balaban J connectivity index is 0.000000240. The van der Waals surface area contributed by atoms with E-state index in [1.165, 1.54) is 72.8 Å². The van der Waals surface area contributed by atoms with Crippen LogP contribution in [-0.4, -0.2) is 83.7 Å². The Morgan fingerprint density at radius 2 is 0.909 bits per heavy atom. The molecule has 0 saturated heterocycles. The first-order valence-corrected chi connectivity index (χ1v) is 17.9. The van der Waals surface area contributed by atoms with Crippen molar-refractivity contribution in [2.75, 3.05) is 0 Å². The first-order chi connectivity index (χ1) is 25.3. The molecule has 0 unspecified atom stereocenters. The molecule has 0 aromatic heterocycles. The summed E-state index contributed by atoms with van der Waals surface area (Å²) in [5.74, 6) is -0.769. The number of nitrogens with zero attached hydrogens (tertiary/aromatic N) is 6. The number of nitro benzene ring substituents is 2. The van der Waals surface area contributed by atoms with Crippen molar-refractivity contribution in [2.24, 2.45) is 20.5 Å². The second-order valence-electron chi connectivity index (χ2n) is 11.5. The zero-order valence-electron chi connectivity index (χ0n) is 28.4. The molecule has 18 nitrogen and oxygen atoms in total. The molecule has 0 heterocycles. The number of nitro groups is 2. The fourth-order valence-electron chi connectivity index (χ4n) is 5.28. The summed E-state index contributed by atoms with van der Waals surface area (Å²) >= 11 is 0. The quantitative estimate of drug-likeness (QED) is 0.0489. The summed E-state index contributed by atoms with van der Waals surface area (Å²) < 4.78 is 69.4. The van der Waals surface area contributed by atoms with E-state index in [0.29, 0.717) is 21.9 Å². The maximum Gasteiger partial charge on any atom is 2.00 e. The summed E-state index contributed by atoms with van der Waals surface area (Å²) in [6, 6.07) is 21.7. The number of hydrogen-bond donors (Lipinski definition) is 2. The summed E-state index contributed by atoms with van der Waals surface area (Å²) in [5, 5.41) is 58.2. The molecule has 0 aliphatic rings. The maximum atomic E-state index is 11.6. The van der Waals surface area contributed by atoms with Crippen molar-refractivity contribution in [3.8, 4) is 11.5 Å². The third-order valence-electron chi connectivity index (χ3n) is 7.50. The van der Waals surface area contributed by atoms with Crippen LogP contribution in [0, 0.1) is 34.1 Å². The van der Waals surface area contributed by atoms with E-state index in [-0.39, 0.29) is 94.1 Å². The molecule has 0 atom stereocenters. The first-order valence-electron chi connectivity index (χ1n) is 15.1. The molecular weight excluding hydrogens is 789 g/mol. The minimum absolute atomic E-state index is 0. The second-order valence-corrected chi connectivity index (χ2v) is 14.1. The summed E-state index contributed by atoms with van der Waals surface area (Å²) in [4.78, 5) is 19.7. The smallest absolute Gasteiger partial charge is 0.744 e. The van der Waals surface area contributed by atoms with E-state index in [0.717, 1.165) is 12.1 Å². The van der Waals surface area contributed by atoms with Crippen LogP contribution in [0.1, 0.15) is 11.1 Å². The number of aryl methyl sites for hydroxylation is 2. The molecule has 0 aliphatic carbocycles. The molecule has 55 heavy (non-hydrogen) atoms. The molecule has 0 aliphatic heterocycles. The Hall–Kier alpha value is -5.48. The Morgan fingerprint density at radius 1 is 0.545 bits per heavy atom. The minimum Gasteiger partial charge on any atom is -0.744 e. The van der Waals surface area contributed by atoms with Crippen LogP contribution < -0.4 is 0 Å². The molecule has 0 fully saturated rings. The van der Waals surface area contributed by atoms with Crippen LogP contribution >= 0.6 is 0 Å². The van der Waals surface area contributed by atoms with Crippen molar-refractivity contribution in [1.82, 2.24) is 0 Å². The van der Waals surface area contributed by atoms with Gasteiger partial charge in [-0.1, -0.05) is 36.4 Å². The molecular formula is C34H24CaN6O12S2. The number of aromatic hydroxyl groups is 2. The van der Waals surface area contributed by atoms with Crippen LogP contribution in [-0.2, 0) is 20.2 Å².